The Bertz CT molecular complexity index is 1030. The van der Waals surface area contributed by atoms with E-state index in [2.05, 4.69) is 21.6 Å². The SMILES string of the molecule is CC(F)COC(=O)N1[C@H](C)C[C@H](NS(C)(=O)=O)[C@@H]1CO[C@H]1CC[C@]2(c3ncc(F)cn3)[C@H](C1)[C@@H]2C. The van der Waals surface area contributed by atoms with Gasteiger partial charge in [-0.1, -0.05) is 6.92 Å². The number of sulfonamides is 1. The predicted octanol–water partition coefficient (Wildman–Crippen LogP) is 2.56. The van der Waals surface area contributed by atoms with Gasteiger partial charge < -0.3 is 9.47 Å². The van der Waals surface area contributed by atoms with Crippen molar-refractivity contribution in [3.63, 3.8) is 0 Å². The van der Waals surface area contributed by atoms with Crippen LogP contribution in [0.5, 0.6) is 0 Å². The summed E-state index contributed by atoms with van der Waals surface area (Å²) in [5.74, 6) is 0.875. The fourth-order valence-corrected chi connectivity index (χ4v) is 6.91. The molecule has 0 spiro atoms. The Kier molecular flexibility index (Phi) is 7.36. The number of amides is 1. The first-order valence-corrected chi connectivity index (χ1v) is 14.0. The summed E-state index contributed by atoms with van der Waals surface area (Å²) in [7, 11) is -3.52. The van der Waals surface area contributed by atoms with Gasteiger partial charge in [0.1, 0.15) is 18.6 Å². The van der Waals surface area contributed by atoms with Gasteiger partial charge in [-0.2, -0.15) is 0 Å². The van der Waals surface area contributed by atoms with E-state index in [1.165, 1.54) is 24.2 Å². The van der Waals surface area contributed by atoms with Crippen LogP contribution in [0.3, 0.4) is 0 Å². The number of alkyl halides is 1. The number of aromatic nitrogens is 2. The molecule has 8 atom stereocenters. The molecule has 0 bridgehead atoms. The zero-order valence-electron chi connectivity index (χ0n) is 20.5. The van der Waals surface area contributed by atoms with Gasteiger partial charge in [0.2, 0.25) is 10.0 Å². The lowest BCUT2D eigenvalue weighted by Gasteiger charge is -2.33. The first-order chi connectivity index (χ1) is 16.4. The van der Waals surface area contributed by atoms with E-state index in [4.69, 9.17) is 9.47 Å². The number of nitrogens with zero attached hydrogens (tertiary/aromatic N) is 3. The van der Waals surface area contributed by atoms with Crippen LogP contribution in [0.1, 0.15) is 52.3 Å². The fourth-order valence-electron chi connectivity index (χ4n) is 6.11. The van der Waals surface area contributed by atoms with Crippen molar-refractivity contribution in [3.05, 3.63) is 24.0 Å². The summed E-state index contributed by atoms with van der Waals surface area (Å²) in [5, 5.41) is 0. The Hall–Kier alpha value is -1.92. The number of nitrogens with one attached hydrogen (secondary N) is 1. The topological polar surface area (TPSA) is 111 Å². The molecule has 3 aliphatic rings. The van der Waals surface area contributed by atoms with Gasteiger partial charge in [-0.05, 0) is 51.4 Å². The maximum absolute atomic E-state index is 13.3. The van der Waals surface area contributed by atoms with E-state index in [0.29, 0.717) is 24.1 Å². The van der Waals surface area contributed by atoms with Gasteiger partial charge in [-0.25, -0.2) is 36.7 Å². The van der Waals surface area contributed by atoms with Crippen molar-refractivity contribution in [3.8, 4) is 0 Å². The molecule has 4 rings (SSSR count). The van der Waals surface area contributed by atoms with Crippen molar-refractivity contribution in [1.29, 1.82) is 0 Å². The van der Waals surface area contributed by atoms with Crippen LogP contribution >= 0.6 is 0 Å². The lowest BCUT2D eigenvalue weighted by atomic mass is 9.85. The summed E-state index contributed by atoms with van der Waals surface area (Å²) in [6.07, 6.45) is 4.16. The lowest BCUT2D eigenvalue weighted by molar-refractivity contribution is -0.0135. The molecular weight excluding hydrogens is 482 g/mol. The summed E-state index contributed by atoms with van der Waals surface area (Å²) >= 11 is 0. The second-order valence-corrected chi connectivity index (χ2v) is 12.1. The minimum atomic E-state index is -3.52. The van der Waals surface area contributed by atoms with Crippen molar-refractivity contribution in [2.45, 2.75) is 82.3 Å². The summed E-state index contributed by atoms with van der Waals surface area (Å²) in [6.45, 7) is 5.02. The molecule has 1 amide bonds. The number of halogens is 2. The van der Waals surface area contributed by atoms with Crippen LogP contribution in [0.2, 0.25) is 0 Å². The Morgan fingerprint density at radius 3 is 2.60 bits per heavy atom. The number of likely N-dealkylation sites (tertiary alicyclic amines) is 1. The maximum atomic E-state index is 13.3. The largest absolute Gasteiger partial charge is 0.446 e. The van der Waals surface area contributed by atoms with Crippen molar-refractivity contribution in [1.82, 2.24) is 19.6 Å². The molecule has 0 aromatic carbocycles. The first-order valence-electron chi connectivity index (χ1n) is 12.1. The third-order valence-electron chi connectivity index (χ3n) is 7.81. The molecule has 1 aromatic rings. The number of rotatable bonds is 8. The van der Waals surface area contributed by atoms with Gasteiger partial charge >= 0.3 is 6.09 Å². The molecule has 1 aliphatic heterocycles. The second-order valence-electron chi connectivity index (χ2n) is 10.3. The average Bonchev–Trinajstić information content (AvgIpc) is 3.24. The van der Waals surface area contributed by atoms with Gasteiger partial charge in [0.05, 0.1) is 37.4 Å². The summed E-state index contributed by atoms with van der Waals surface area (Å²) in [5.41, 5.74) is -0.158. The third kappa shape index (κ3) is 5.43. The van der Waals surface area contributed by atoms with Gasteiger partial charge in [0, 0.05) is 17.5 Å². The number of hydrogen-bond donors (Lipinski definition) is 1. The standard InChI is InChI=1S/C23H34F2N4O5S/c1-13(24)11-34-22(30)29-14(2)7-19(28-35(4,31)32)20(29)12-33-17-5-6-23(15(3)18(23)8-17)21-26-9-16(25)10-27-21/h9-10,13-15,17-20,28H,5-8,11-12H2,1-4H3/t13?,14-,15+,17+,18-,19+,20+,23-/m1/s1. The maximum Gasteiger partial charge on any atom is 0.410 e. The number of carbonyl (C=O) groups is 1. The average molecular weight is 517 g/mol. The lowest BCUT2D eigenvalue weighted by Crippen LogP contribution is -2.50. The molecule has 9 nitrogen and oxygen atoms in total. The second kappa shape index (κ2) is 9.85. The molecule has 2 heterocycles. The zero-order chi connectivity index (χ0) is 25.5. The third-order valence-corrected chi connectivity index (χ3v) is 8.54. The van der Waals surface area contributed by atoms with Crippen LogP contribution in [0, 0.1) is 17.7 Å². The summed E-state index contributed by atoms with van der Waals surface area (Å²) in [6, 6.07) is -1.42. The molecule has 196 valence electrons. The van der Waals surface area contributed by atoms with Gasteiger partial charge in [-0.15, -0.1) is 0 Å². The molecular formula is C23H34F2N4O5S. The van der Waals surface area contributed by atoms with E-state index in [9.17, 15) is 22.0 Å². The van der Waals surface area contributed by atoms with Gasteiger partial charge in [-0.3, -0.25) is 4.90 Å². The normalized spacial score (nSPS) is 35.4. The molecule has 2 saturated carbocycles. The van der Waals surface area contributed by atoms with Crippen LogP contribution in [-0.4, -0.2) is 79.2 Å². The first kappa shape index (κ1) is 26.2. The fraction of sp³-hybridized carbons (Fsp3) is 0.783. The van der Waals surface area contributed by atoms with Crippen LogP contribution in [0.4, 0.5) is 13.6 Å². The minimum Gasteiger partial charge on any atom is -0.446 e. The van der Waals surface area contributed by atoms with Crippen molar-refractivity contribution < 1.29 is 31.5 Å². The molecule has 12 heteroatoms. The minimum absolute atomic E-state index is 0.0722. The summed E-state index contributed by atoms with van der Waals surface area (Å²) in [4.78, 5) is 22.7. The Labute approximate surface area is 205 Å². The zero-order valence-corrected chi connectivity index (χ0v) is 21.3. The Balaban J connectivity index is 1.42. The Morgan fingerprint density at radius 1 is 1.31 bits per heavy atom. The van der Waals surface area contributed by atoms with Gasteiger partial charge in [0.25, 0.3) is 0 Å². The van der Waals surface area contributed by atoms with E-state index >= 15 is 0 Å². The van der Waals surface area contributed by atoms with Crippen molar-refractivity contribution in [2.24, 2.45) is 11.8 Å². The predicted molar refractivity (Wildman–Crippen MR) is 123 cm³/mol. The number of carbonyl (C=O) groups excluding carboxylic acids is 1. The molecule has 1 N–H and O–H groups in total. The van der Waals surface area contributed by atoms with E-state index < -0.39 is 40.2 Å². The number of hydrogen-bond acceptors (Lipinski definition) is 7. The van der Waals surface area contributed by atoms with E-state index in [0.717, 1.165) is 25.5 Å². The van der Waals surface area contributed by atoms with Crippen LogP contribution in [0.15, 0.2) is 12.4 Å². The highest BCUT2D eigenvalue weighted by Crippen LogP contribution is 2.66. The van der Waals surface area contributed by atoms with Crippen LogP contribution < -0.4 is 4.72 Å². The highest BCUT2D eigenvalue weighted by Gasteiger charge is 2.66. The molecule has 3 fully saturated rings. The number of ether oxygens (including phenoxy) is 2. The molecule has 1 aromatic heterocycles. The summed E-state index contributed by atoms with van der Waals surface area (Å²) < 4.78 is 64.4. The molecule has 0 radical (unpaired) electrons. The smallest absolute Gasteiger partial charge is 0.410 e. The van der Waals surface area contributed by atoms with Gasteiger partial charge in [0.15, 0.2) is 5.82 Å². The van der Waals surface area contributed by atoms with E-state index in [1.54, 1.807) is 6.92 Å². The van der Waals surface area contributed by atoms with Crippen LogP contribution in [-0.2, 0) is 24.9 Å². The highest BCUT2D eigenvalue weighted by atomic mass is 32.2. The number of fused-ring (bicyclic) bond motifs is 1. The van der Waals surface area contributed by atoms with Crippen LogP contribution in [0.25, 0.3) is 0 Å². The molecule has 1 unspecified atom stereocenters. The molecule has 1 saturated heterocycles. The Morgan fingerprint density at radius 2 is 2.00 bits per heavy atom. The highest BCUT2D eigenvalue weighted by molar-refractivity contribution is 7.88. The van der Waals surface area contributed by atoms with Crippen molar-refractivity contribution >= 4 is 16.1 Å². The van der Waals surface area contributed by atoms with E-state index in [-0.39, 0.29) is 30.8 Å². The molecule has 35 heavy (non-hydrogen) atoms. The van der Waals surface area contributed by atoms with E-state index in [1.807, 2.05) is 0 Å². The monoisotopic (exact) mass is 516 g/mol. The van der Waals surface area contributed by atoms with Crippen molar-refractivity contribution in [2.75, 3.05) is 19.5 Å². The quantitative estimate of drug-likeness (QED) is 0.565. The molecule has 2 aliphatic carbocycles.